The highest BCUT2D eigenvalue weighted by Gasteiger charge is 2.15. The van der Waals surface area contributed by atoms with E-state index in [1.165, 1.54) is 13.4 Å². The van der Waals surface area contributed by atoms with Crippen molar-refractivity contribution in [3.63, 3.8) is 0 Å². The summed E-state index contributed by atoms with van der Waals surface area (Å²) in [7, 11) is 3.21. The van der Waals surface area contributed by atoms with Crippen LogP contribution in [0.15, 0.2) is 41.0 Å². The number of hydrogen-bond donors (Lipinski definition) is 1. The molecule has 2 rings (SSSR count). The predicted molar refractivity (Wildman–Crippen MR) is 73.6 cm³/mol. The average molecular weight is 275 g/mol. The molecule has 0 radical (unpaired) electrons. The third-order valence-electron chi connectivity index (χ3n) is 2.85. The second kappa shape index (κ2) is 6.77. The second-order valence-corrected chi connectivity index (χ2v) is 4.18. The van der Waals surface area contributed by atoms with Crippen LogP contribution in [0.4, 0.5) is 0 Å². The number of furan rings is 1. The van der Waals surface area contributed by atoms with Crippen molar-refractivity contribution in [1.82, 2.24) is 5.32 Å². The third kappa shape index (κ3) is 3.19. The average Bonchev–Trinajstić information content (AvgIpc) is 2.94. The third-order valence-corrected chi connectivity index (χ3v) is 2.85. The van der Waals surface area contributed by atoms with Crippen molar-refractivity contribution in [1.29, 1.82) is 0 Å². The molecule has 0 unspecified atom stereocenters. The zero-order chi connectivity index (χ0) is 14.4. The molecule has 5 heteroatoms. The fourth-order valence-electron chi connectivity index (χ4n) is 1.87. The molecule has 0 saturated carbocycles. The SMILES string of the molecule is CNCc1ccccc1OCc1occc1C(=O)OC. The van der Waals surface area contributed by atoms with Gasteiger partial charge in [0.15, 0.2) is 5.76 Å². The van der Waals surface area contributed by atoms with E-state index in [-0.39, 0.29) is 6.61 Å². The number of benzene rings is 1. The predicted octanol–water partition coefficient (Wildman–Crippen LogP) is 2.36. The van der Waals surface area contributed by atoms with Crippen LogP contribution in [-0.4, -0.2) is 20.1 Å². The summed E-state index contributed by atoms with van der Waals surface area (Å²) in [6, 6.07) is 9.29. The van der Waals surface area contributed by atoms with Crippen molar-refractivity contribution in [3.8, 4) is 5.75 Å². The fourth-order valence-corrected chi connectivity index (χ4v) is 1.87. The Bertz CT molecular complexity index is 577. The van der Waals surface area contributed by atoms with Crippen LogP contribution in [-0.2, 0) is 17.9 Å². The lowest BCUT2D eigenvalue weighted by atomic mass is 10.2. The Hall–Kier alpha value is -2.27. The Morgan fingerprint density at radius 1 is 1.30 bits per heavy atom. The van der Waals surface area contributed by atoms with Gasteiger partial charge in [-0.15, -0.1) is 0 Å². The smallest absolute Gasteiger partial charge is 0.341 e. The van der Waals surface area contributed by atoms with Gasteiger partial charge in [0.05, 0.1) is 13.4 Å². The molecule has 0 spiro atoms. The number of para-hydroxylation sites is 1. The van der Waals surface area contributed by atoms with Crippen LogP contribution in [0.3, 0.4) is 0 Å². The first-order valence-corrected chi connectivity index (χ1v) is 6.26. The molecule has 0 aliphatic heterocycles. The molecule has 106 valence electrons. The maximum absolute atomic E-state index is 11.5. The first-order chi connectivity index (χ1) is 9.76. The van der Waals surface area contributed by atoms with E-state index in [9.17, 15) is 4.79 Å². The molecule has 0 aliphatic rings. The molecule has 2 aromatic rings. The van der Waals surface area contributed by atoms with E-state index >= 15 is 0 Å². The Labute approximate surface area is 117 Å². The molecule has 1 aromatic carbocycles. The summed E-state index contributed by atoms with van der Waals surface area (Å²) in [5.41, 5.74) is 1.43. The Morgan fingerprint density at radius 3 is 2.85 bits per heavy atom. The number of rotatable bonds is 6. The molecule has 20 heavy (non-hydrogen) atoms. The lowest BCUT2D eigenvalue weighted by Crippen LogP contribution is -2.09. The van der Waals surface area contributed by atoms with Gasteiger partial charge in [-0.25, -0.2) is 4.79 Å². The first kappa shape index (κ1) is 14.1. The van der Waals surface area contributed by atoms with Crippen molar-refractivity contribution >= 4 is 5.97 Å². The van der Waals surface area contributed by atoms with Gasteiger partial charge < -0.3 is 19.2 Å². The molecule has 0 saturated heterocycles. The van der Waals surface area contributed by atoms with Crippen molar-refractivity contribution in [3.05, 3.63) is 53.5 Å². The number of methoxy groups -OCH3 is 1. The minimum absolute atomic E-state index is 0.179. The molecule has 1 aromatic heterocycles. The monoisotopic (exact) mass is 275 g/mol. The number of ether oxygens (including phenoxy) is 2. The van der Waals surface area contributed by atoms with Crippen molar-refractivity contribution in [2.75, 3.05) is 14.2 Å². The summed E-state index contributed by atoms with van der Waals surface area (Å²) in [5, 5.41) is 3.08. The van der Waals surface area contributed by atoms with Gasteiger partial charge in [0.1, 0.15) is 17.9 Å². The van der Waals surface area contributed by atoms with Crippen LogP contribution >= 0.6 is 0 Å². The molecule has 0 amide bonds. The van der Waals surface area contributed by atoms with Gasteiger partial charge in [-0.3, -0.25) is 0 Å². The van der Waals surface area contributed by atoms with Crippen molar-refractivity contribution < 1.29 is 18.7 Å². The van der Waals surface area contributed by atoms with Crippen LogP contribution in [0.2, 0.25) is 0 Å². The van der Waals surface area contributed by atoms with Crippen LogP contribution in [0.25, 0.3) is 0 Å². The van der Waals surface area contributed by atoms with E-state index in [4.69, 9.17) is 9.15 Å². The maximum atomic E-state index is 11.5. The van der Waals surface area contributed by atoms with Gasteiger partial charge in [0.25, 0.3) is 0 Å². The summed E-state index contributed by atoms with van der Waals surface area (Å²) in [6.45, 7) is 0.885. The molecule has 5 nitrogen and oxygen atoms in total. The fraction of sp³-hybridized carbons (Fsp3) is 0.267. The lowest BCUT2D eigenvalue weighted by molar-refractivity contribution is 0.0595. The van der Waals surface area contributed by atoms with Gasteiger partial charge in [-0.1, -0.05) is 18.2 Å². The molecule has 0 fully saturated rings. The molecular formula is C15H17NO4. The van der Waals surface area contributed by atoms with E-state index in [0.717, 1.165) is 11.3 Å². The summed E-state index contributed by atoms with van der Waals surface area (Å²) in [6.07, 6.45) is 1.45. The van der Waals surface area contributed by atoms with Gasteiger partial charge in [-0.05, 0) is 19.2 Å². The minimum Gasteiger partial charge on any atom is -0.485 e. The van der Waals surface area contributed by atoms with E-state index in [1.54, 1.807) is 6.07 Å². The van der Waals surface area contributed by atoms with Crippen LogP contribution < -0.4 is 10.1 Å². The number of esters is 1. The van der Waals surface area contributed by atoms with Crippen LogP contribution in [0.5, 0.6) is 5.75 Å². The Morgan fingerprint density at radius 2 is 2.10 bits per heavy atom. The molecule has 1 N–H and O–H groups in total. The quantitative estimate of drug-likeness (QED) is 0.820. The summed E-state index contributed by atoms with van der Waals surface area (Å²) in [5.74, 6) is 0.783. The highest BCUT2D eigenvalue weighted by atomic mass is 16.5. The summed E-state index contributed by atoms with van der Waals surface area (Å²) in [4.78, 5) is 11.5. The van der Waals surface area contributed by atoms with Gasteiger partial charge in [0.2, 0.25) is 0 Å². The molecule has 0 aliphatic carbocycles. The molecular weight excluding hydrogens is 258 g/mol. The molecule has 0 atom stereocenters. The maximum Gasteiger partial charge on any atom is 0.341 e. The number of carbonyl (C=O) groups is 1. The van der Waals surface area contributed by atoms with E-state index in [0.29, 0.717) is 17.9 Å². The van der Waals surface area contributed by atoms with Gasteiger partial charge in [0, 0.05) is 12.1 Å². The topological polar surface area (TPSA) is 60.7 Å². The largest absolute Gasteiger partial charge is 0.485 e. The number of hydrogen-bond acceptors (Lipinski definition) is 5. The van der Waals surface area contributed by atoms with E-state index in [2.05, 4.69) is 10.1 Å². The number of carbonyl (C=O) groups excluding carboxylic acids is 1. The van der Waals surface area contributed by atoms with E-state index in [1.807, 2.05) is 31.3 Å². The lowest BCUT2D eigenvalue weighted by Gasteiger charge is -2.10. The van der Waals surface area contributed by atoms with Gasteiger partial charge in [-0.2, -0.15) is 0 Å². The standard InChI is InChI=1S/C15H17NO4/c1-16-9-11-5-3-4-6-13(11)20-10-14-12(7-8-19-14)15(17)18-2/h3-8,16H,9-10H2,1-2H3. The highest BCUT2D eigenvalue weighted by molar-refractivity contribution is 5.90. The van der Waals surface area contributed by atoms with Crippen LogP contribution in [0, 0.1) is 0 Å². The normalized spacial score (nSPS) is 10.3. The zero-order valence-electron chi connectivity index (χ0n) is 11.5. The summed E-state index contributed by atoms with van der Waals surface area (Å²) >= 11 is 0. The molecule has 1 heterocycles. The Kier molecular flexibility index (Phi) is 4.79. The van der Waals surface area contributed by atoms with Crippen molar-refractivity contribution in [2.24, 2.45) is 0 Å². The van der Waals surface area contributed by atoms with Crippen LogP contribution in [0.1, 0.15) is 21.7 Å². The summed E-state index contributed by atoms with van der Waals surface area (Å²) < 4.78 is 15.7. The van der Waals surface area contributed by atoms with Crippen molar-refractivity contribution in [2.45, 2.75) is 13.2 Å². The first-order valence-electron chi connectivity index (χ1n) is 6.26. The highest BCUT2D eigenvalue weighted by Crippen LogP contribution is 2.20. The molecule has 0 bridgehead atoms. The Balaban J connectivity index is 2.09. The zero-order valence-corrected chi connectivity index (χ0v) is 11.5. The second-order valence-electron chi connectivity index (χ2n) is 4.18. The minimum atomic E-state index is -0.430. The van der Waals surface area contributed by atoms with E-state index < -0.39 is 5.97 Å². The number of nitrogens with one attached hydrogen (secondary N) is 1. The van der Waals surface area contributed by atoms with Gasteiger partial charge >= 0.3 is 5.97 Å².